The normalized spacial score (nSPS) is 13.3. The monoisotopic (exact) mass is 934 g/mol. The fourth-order valence-electron chi connectivity index (χ4n) is 9.01. The van der Waals surface area contributed by atoms with Crippen LogP contribution >= 0.6 is 0 Å². The van der Waals surface area contributed by atoms with Crippen molar-refractivity contribution in [1.82, 2.24) is 5.32 Å². The van der Waals surface area contributed by atoms with Crippen molar-refractivity contribution in [2.45, 2.75) is 315 Å². The Morgan fingerprint density at radius 3 is 0.985 bits per heavy atom. The quantitative estimate of drug-likeness (QED) is 0.0420. The molecule has 4 nitrogen and oxygen atoms in total. The number of carbonyl (C=O) groups is 1. The summed E-state index contributed by atoms with van der Waals surface area (Å²) in [6, 6.07) is -0.537. The summed E-state index contributed by atoms with van der Waals surface area (Å²) in [5.41, 5.74) is 0. The van der Waals surface area contributed by atoms with Crippen molar-refractivity contribution in [3.8, 4) is 0 Å². The van der Waals surface area contributed by atoms with Gasteiger partial charge in [0.2, 0.25) is 5.91 Å². The Kier molecular flexibility index (Phi) is 56.3. The maximum absolute atomic E-state index is 12.5. The molecule has 2 atom stereocenters. The lowest BCUT2D eigenvalue weighted by Gasteiger charge is -2.22. The molecule has 0 bridgehead atoms. The molecule has 2 unspecified atom stereocenters. The zero-order chi connectivity index (χ0) is 48.5. The molecule has 3 N–H and O–H groups in total. The highest BCUT2D eigenvalue weighted by atomic mass is 16.3. The lowest BCUT2D eigenvalue weighted by atomic mass is 10.0. The lowest BCUT2D eigenvalue weighted by Crippen LogP contribution is -2.45. The van der Waals surface area contributed by atoms with Crippen molar-refractivity contribution in [3.63, 3.8) is 0 Å². The minimum Gasteiger partial charge on any atom is -0.394 e. The van der Waals surface area contributed by atoms with E-state index in [1.54, 1.807) is 0 Å². The van der Waals surface area contributed by atoms with E-state index in [0.29, 0.717) is 12.8 Å². The van der Waals surface area contributed by atoms with Crippen LogP contribution in [0.1, 0.15) is 303 Å². The third-order valence-electron chi connectivity index (χ3n) is 13.5. The van der Waals surface area contributed by atoms with Gasteiger partial charge in [0.1, 0.15) is 0 Å². The van der Waals surface area contributed by atoms with Gasteiger partial charge in [-0.3, -0.25) is 4.79 Å². The third-order valence-corrected chi connectivity index (χ3v) is 13.5. The van der Waals surface area contributed by atoms with Gasteiger partial charge in [0, 0.05) is 6.42 Å². The highest BCUT2D eigenvalue weighted by molar-refractivity contribution is 5.76. The minimum absolute atomic E-state index is 0.0280. The predicted molar refractivity (Wildman–Crippen MR) is 299 cm³/mol. The van der Waals surface area contributed by atoms with E-state index in [-0.39, 0.29) is 12.5 Å². The fraction of sp³-hybridized carbons (Fsp3) is 0.794. The SMILES string of the molecule is CC/C=C\C/C=C\C/C=C\C/C=C\C/C=C\C/C=C\CCCCCCCCCCCCCCCCCCCCCCC(=O)NC(CO)C(O)CCCCCCCCCCCCCCCCCC. The van der Waals surface area contributed by atoms with Crippen LogP contribution in [0.4, 0.5) is 0 Å². The Morgan fingerprint density at radius 1 is 0.373 bits per heavy atom. The summed E-state index contributed by atoms with van der Waals surface area (Å²) in [6.07, 6.45) is 83.3. The summed E-state index contributed by atoms with van der Waals surface area (Å²) >= 11 is 0. The van der Waals surface area contributed by atoms with E-state index in [9.17, 15) is 15.0 Å². The average Bonchev–Trinajstić information content (AvgIpc) is 3.33. The molecule has 0 aromatic carbocycles. The van der Waals surface area contributed by atoms with Gasteiger partial charge in [0.15, 0.2) is 0 Å². The Labute approximate surface area is 419 Å². The van der Waals surface area contributed by atoms with Crippen LogP contribution in [0.2, 0.25) is 0 Å². The third kappa shape index (κ3) is 54.6. The zero-order valence-corrected chi connectivity index (χ0v) is 44.9. The summed E-state index contributed by atoms with van der Waals surface area (Å²) in [4.78, 5) is 12.5. The van der Waals surface area contributed by atoms with Crippen LogP contribution < -0.4 is 5.32 Å². The number of amides is 1. The first-order valence-corrected chi connectivity index (χ1v) is 29.6. The maximum Gasteiger partial charge on any atom is 0.220 e. The van der Waals surface area contributed by atoms with Gasteiger partial charge in [-0.15, -0.1) is 0 Å². The number of rotatable bonds is 54. The molecular weight excluding hydrogens is 819 g/mol. The molecule has 67 heavy (non-hydrogen) atoms. The van der Waals surface area contributed by atoms with Gasteiger partial charge in [-0.25, -0.2) is 0 Å². The van der Waals surface area contributed by atoms with E-state index in [2.05, 4.69) is 92.1 Å². The summed E-state index contributed by atoms with van der Waals surface area (Å²) in [6.45, 7) is 4.26. The lowest BCUT2D eigenvalue weighted by molar-refractivity contribution is -0.123. The number of allylic oxidation sites excluding steroid dienone is 12. The van der Waals surface area contributed by atoms with Crippen LogP contribution in [0.3, 0.4) is 0 Å². The molecule has 0 aliphatic heterocycles. The Morgan fingerprint density at radius 2 is 0.657 bits per heavy atom. The average molecular weight is 935 g/mol. The smallest absolute Gasteiger partial charge is 0.220 e. The highest BCUT2D eigenvalue weighted by Gasteiger charge is 2.20. The zero-order valence-electron chi connectivity index (χ0n) is 44.9. The molecular formula is C63H115NO3. The number of hydrogen-bond donors (Lipinski definition) is 3. The molecule has 0 heterocycles. The van der Waals surface area contributed by atoms with Crippen LogP contribution in [0.5, 0.6) is 0 Å². The molecule has 0 aliphatic rings. The molecule has 0 spiro atoms. The number of unbranched alkanes of at least 4 members (excludes halogenated alkanes) is 35. The van der Waals surface area contributed by atoms with Crippen molar-refractivity contribution < 1.29 is 15.0 Å². The van der Waals surface area contributed by atoms with Gasteiger partial charge >= 0.3 is 0 Å². The van der Waals surface area contributed by atoms with Crippen LogP contribution in [0.15, 0.2) is 72.9 Å². The number of aliphatic hydroxyl groups is 2. The Hall–Kier alpha value is -2.17. The first-order chi connectivity index (χ1) is 33.2. The molecule has 0 radical (unpaired) electrons. The van der Waals surface area contributed by atoms with Gasteiger partial charge in [-0.05, 0) is 64.2 Å². The predicted octanol–water partition coefficient (Wildman–Crippen LogP) is 19.8. The van der Waals surface area contributed by atoms with Crippen molar-refractivity contribution in [2.75, 3.05) is 6.61 Å². The molecule has 1 amide bonds. The highest BCUT2D eigenvalue weighted by Crippen LogP contribution is 2.17. The molecule has 0 aromatic heterocycles. The number of aliphatic hydroxyl groups excluding tert-OH is 2. The first-order valence-electron chi connectivity index (χ1n) is 29.6. The van der Waals surface area contributed by atoms with E-state index in [4.69, 9.17) is 0 Å². The summed E-state index contributed by atoms with van der Waals surface area (Å²) < 4.78 is 0. The summed E-state index contributed by atoms with van der Waals surface area (Å²) in [5, 5.41) is 23.3. The van der Waals surface area contributed by atoms with Gasteiger partial charge in [0.05, 0.1) is 18.8 Å². The summed E-state index contributed by atoms with van der Waals surface area (Å²) in [5.74, 6) is -0.0280. The van der Waals surface area contributed by atoms with Crippen LogP contribution in [-0.4, -0.2) is 34.9 Å². The molecule has 390 valence electrons. The van der Waals surface area contributed by atoms with Crippen molar-refractivity contribution in [2.24, 2.45) is 0 Å². The molecule has 0 aromatic rings. The molecule has 0 rings (SSSR count). The second kappa shape index (κ2) is 58.1. The van der Waals surface area contributed by atoms with E-state index >= 15 is 0 Å². The van der Waals surface area contributed by atoms with E-state index in [1.807, 2.05) is 0 Å². The first kappa shape index (κ1) is 64.8. The van der Waals surface area contributed by atoms with Gasteiger partial charge < -0.3 is 15.5 Å². The van der Waals surface area contributed by atoms with Gasteiger partial charge in [-0.1, -0.05) is 305 Å². The van der Waals surface area contributed by atoms with E-state index < -0.39 is 12.1 Å². The second-order valence-corrected chi connectivity index (χ2v) is 20.0. The maximum atomic E-state index is 12.5. The number of carbonyl (C=O) groups excluding carboxylic acids is 1. The Balaban J connectivity index is 3.43. The molecule has 0 aliphatic carbocycles. The van der Waals surface area contributed by atoms with Crippen molar-refractivity contribution in [3.05, 3.63) is 72.9 Å². The topological polar surface area (TPSA) is 69.6 Å². The van der Waals surface area contributed by atoms with Crippen LogP contribution in [0, 0.1) is 0 Å². The van der Waals surface area contributed by atoms with Crippen LogP contribution in [0.25, 0.3) is 0 Å². The Bertz CT molecular complexity index is 1150. The van der Waals surface area contributed by atoms with Crippen molar-refractivity contribution in [1.29, 1.82) is 0 Å². The molecule has 0 fully saturated rings. The van der Waals surface area contributed by atoms with Crippen LogP contribution in [-0.2, 0) is 4.79 Å². The minimum atomic E-state index is -0.660. The second-order valence-electron chi connectivity index (χ2n) is 20.0. The van der Waals surface area contributed by atoms with E-state index in [1.165, 1.54) is 212 Å². The summed E-state index contributed by atoms with van der Waals surface area (Å²) in [7, 11) is 0. The van der Waals surface area contributed by atoms with Gasteiger partial charge in [-0.2, -0.15) is 0 Å². The molecule has 0 saturated carbocycles. The molecule has 0 saturated heterocycles. The fourth-order valence-corrected chi connectivity index (χ4v) is 9.01. The largest absolute Gasteiger partial charge is 0.394 e. The molecule has 4 heteroatoms. The number of hydrogen-bond acceptors (Lipinski definition) is 3. The van der Waals surface area contributed by atoms with E-state index in [0.717, 1.165) is 64.2 Å². The van der Waals surface area contributed by atoms with Gasteiger partial charge in [0.25, 0.3) is 0 Å². The standard InChI is InChI=1S/C63H115NO3/c1-3-5-7-9-11-13-15-17-19-21-22-23-24-25-26-27-28-29-30-31-32-33-34-35-36-37-38-39-40-41-42-43-45-47-49-51-53-55-57-59-63(67)64-61(60-65)62(66)58-56-54-52-50-48-46-44-20-18-16-14-12-10-8-6-4-2/h5,7,11,13,17,19,22-23,25-26,28-29,61-62,65-66H,3-4,6,8-10,12,14-16,18,20-21,24,27,30-60H2,1-2H3,(H,64,67)/b7-5-,13-11-,19-17-,23-22-,26-25-,29-28-. The number of nitrogens with one attached hydrogen (secondary N) is 1. The van der Waals surface area contributed by atoms with Crippen molar-refractivity contribution >= 4 is 5.91 Å².